The van der Waals surface area contributed by atoms with Crippen molar-refractivity contribution in [3.8, 4) is 22.3 Å². The van der Waals surface area contributed by atoms with Crippen molar-refractivity contribution < 1.29 is 0 Å². The van der Waals surface area contributed by atoms with Crippen LogP contribution in [0.25, 0.3) is 42.4 Å². The van der Waals surface area contributed by atoms with Crippen molar-refractivity contribution in [3.63, 3.8) is 0 Å². The minimum Gasteiger partial charge on any atom is -0.311 e. The van der Waals surface area contributed by atoms with Crippen LogP contribution in [-0.2, 0) is 16.2 Å². The van der Waals surface area contributed by atoms with Gasteiger partial charge in [0.1, 0.15) is 0 Å². The lowest BCUT2D eigenvalue weighted by molar-refractivity contribution is 0.589. The highest BCUT2D eigenvalue weighted by Gasteiger charge is 2.47. The van der Waals surface area contributed by atoms with Gasteiger partial charge in [-0.05, 0) is 152 Å². The average molecular weight is 937 g/mol. The molecule has 0 spiro atoms. The van der Waals surface area contributed by atoms with E-state index in [2.05, 4.69) is 240 Å². The van der Waals surface area contributed by atoms with Gasteiger partial charge in [-0.15, -0.1) is 22.7 Å². The Bertz CT molecular complexity index is 3510. The summed E-state index contributed by atoms with van der Waals surface area (Å²) in [7, 11) is 0. The Labute approximate surface area is 419 Å². The van der Waals surface area contributed by atoms with Gasteiger partial charge in [-0.1, -0.05) is 161 Å². The van der Waals surface area contributed by atoms with Gasteiger partial charge in [0.25, 0.3) is 6.71 Å². The molecule has 7 aromatic carbocycles. The van der Waals surface area contributed by atoms with Gasteiger partial charge in [-0.3, -0.25) is 0 Å². The summed E-state index contributed by atoms with van der Waals surface area (Å²) >= 11 is 3.85. The Balaban J connectivity index is 1.31. The second kappa shape index (κ2) is 16.1. The molecule has 346 valence electrons. The van der Waals surface area contributed by atoms with Gasteiger partial charge in [-0.2, -0.15) is 0 Å². The zero-order valence-corrected chi connectivity index (χ0v) is 44.7. The van der Waals surface area contributed by atoms with Gasteiger partial charge < -0.3 is 9.80 Å². The van der Waals surface area contributed by atoms with E-state index in [0.717, 1.165) is 0 Å². The fourth-order valence-corrected chi connectivity index (χ4v) is 13.5. The SMILES string of the molecule is Cc1cc(C(C)(C)C)cc(C)c1N1c2cc(C(C)C)cc3c2B(c2cc(-c4csc5ccccc45)ccc2N3c2c(C)cc(C(C)(C)C)cc2-c2ccccc2)c2sc3ccc(C(C)(C)C)cc3c21. The molecule has 2 aliphatic heterocycles. The van der Waals surface area contributed by atoms with Gasteiger partial charge in [0, 0.05) is 53.1 Å². The lowest BCUT2D eigenvalue weighted by atomic mass is 9.36. The predicted octanol–water partition coefficient (Wildman–Crippen LogP) is 17.5. The molecule has 5 heteroatoms. The maximum atomic E-state index is 2.73. The van der Waals surface area contributed by atoms with Gasteiger partial charge in [0.15, 0.2) is 0 Å². The summed E-state index contributed by atoms with van der Waals surface area (Å²) in [5.74, 6) is 0.292. The first-order valence-corrected chi connectivity index (χ1v) is 26.7. The highest BCUT2D eigenvalue weighted by Crippen LogP contribution is 2.53. The van der Waals surface area contributed by atoms with E-state index in [1.807, 2.05) is 22.7 Å². The summed E-state index contributed by atoms with van der Waals surface area (Å²) in [6.45, 7) is 32.9. The van der Waals surface area contributed by atoms with Crippen molar-refractivity contribution in [1.82, 2.24) is 0 Å². The first-order valence-electron chi connectivity index (χ1n) is 25.0. The largest absolute Gasteiger partial charge is 0.311 e. The summed E-state index contributed by atoms with van der Waals surface area (Å²) in [4.78, 5) is 5.42. The van der Waals surface area contributed by atoms with E-state index in [1.165, 1.54) is 131 Å². The standard InChI is InChI=1S/C64H65BN2S2/c1-37(2)43-32-53-57-54(33-43)67(58-38(3)28-45(29-39(58)4)63(9,10)11)60-49-34-44(62(6,7)8)25-27-56(49)69-61(60)65(57)51-31-42(50-36-68-55-23-19-18-22-47(50)55)24-26-52(51)66(53)59-40(5)30-46(64(12,13)14)35-48(59)41-20-16-15-17-21-41/h15-37H,1-14H3. The number of aryl methyl sites for hydroxylation is 3. The minimum absolute atomic E-state index is 0.00200. The van der Waals surface area contributed by atoms with E-state index < -0.39 is 0 Å². The molecular weight excluding hydrogens is 872 g/mol. The van der Waals surface area contributed by atoms with Crippen LogP contribution in [0.1, 0.15) is 121 Å². The van der Waals surface area contributed by atoms with E-state index in [1.54, 1.807) is 0 Å². The fourth-order valence-electron chi connectivity index (χ4n) is 11.2. The molecule has 0 atom stereocenters. The molecule has 2 nitrogen and oxygen atoms in total. The summed E-state index contributed by atoms with van der Waals surface area (Å²) < 4.78 is 4.07. The molecule has 0 amide bonds. The molecule has 0 aliphatic carbocycles. The van der Waals surface area contributed by atoms with Crippen LogP contribution in [0, 0.1) is 20.8 Å². The van der Waals surface area contributed by atoms with Gasteiger partial charge in [0.2, 0.25) is 0 Å². The molecule has 4 heterocycles. The van der Waals surface area contributed by atoms with E-state index >= 15 is 0 Å². The molecule has 2 aromatic heterocycles. The molecule has 0 radical (unpaired) electrons. The van der Waals surface area contributed by atoms with Gasteiger partial charge in [0.05, 0.1) is 17.1 Å². The summed E-state index contributed by atoms with van der Waals surface area (Å²) in [6, 6.07) is 49.8. The predicted molar refractivity (Wildman–Crippen MR) is 307 cm³/mol. The number of anilines is 6. The van der Waals surface area contributed by atoms with Crippen molar-refractivity contribution in [1.29, 1.82) is 0 Å². The van der Waals surface area contributed by atoms with Crippen molar-refractivity contribution in [2.75, 3.05) is 9.80 Å². The lowest BCUT2D eigenvalue weighted by Crippen LogP contribution is -2.60. The van der Waals surface area contributed by atoms with E-state index in [4.69, 9.17) is 0 Å². The zero-order chi connectivity index (χ0) is 48.6. The first kappa shape index (κ1) is 45.6. The van der Waals surface area contributed by atoms with Crippen molar-refractivity contribution >= 4 is 99.4 Å². The van der Waals surface area contributed by atoms with Crippen LogP contribution in [-0.4, -0.2) is 6.71 Å². The fraction of sp³-hybridized carbons (Fsp3) is 0.281. The van der Waals surface area contributed by atoms with Crippen LogP contribution >= 0.6 is 22.7 Å². The molecule has 69 heavy (non-hydrogen) atoms. The van der Waals surface area contributed by atoms with Crippen LogP contribution in [0.3, 0.4) is 0 Å². The monoisotopic (exact) mass is 936 g/mol. The van der Waals surface area contributed by atoms with Crippen molar-refractivity contribution in [3.05, 3.63) is 172 Å². The molecule has 0 bridgehead atoms. The van der Waals surface area contributed by atoms with Gasteiger partial charge >= 0.3 is 0 Å². The first-order chi connectivity index (χ1) is 32.7. The highest BCUT2D eigenvalue weighted by molar-refractivity contribution is 7.33. The second-order valence-corrected chi connectivity index (χ2v) is 25.4. The summed E-state index contributed by atoms with van der Waals surface area (Å²) in [5, 5.41) is 5.03. The molecule has 0 fully saturated rings. The Kier molecular flexibility index (Phi) is 10.6. The van der Waals surface area contributed by atoms with Crippen LogP contribution in [0.5, 0.6) is 0 Å². The smallest absolute Gasteiger partial charge is 0.264 e. The number of rotatable bonds is 5. The minimum atomic E-state index is -0.0319. The molecule has 9 aromatic rings. The van der Waals surface area contributed by atoms with E-state index in [9.17, 15) is 0 Å². The van der Waals surface area contributed by atoms with E-state index in [0.29, 0.717) is 5.92 Å². The van der Waals surface area contributed by atoms with Crippen molar-refractivity contribution in [2.24, 2.45) is 0 Å². The van der Waals surface area contributed by atoms with Crippen LogP contribution in [0.15, 0.2) is 133 Å². The molecule has 0 unspecified atom stereocenters. The topological polar surface area (TPSA) is 6.48 Å². The third-order valence-corrected chi connectivity index (χ3v) is 17.3. The summed E-state index contributed by atoms with van der Waals surface area (Å²) in [5.41, 5.74) is 24.8. The third kappa shape index (κ3) is 7.41. The van der Waals surface area contributed by atoms with Crippen LogP contribution < -0.4 is 25.5 Å². The van der Waals surface area contributed by atoms with Gasteiger partial charge in [-0.25, -0.2) is 0 Å². The van der Waals surface area contributed by atoms with E-state index in [-0.39, 0.29) is 23.0 Å². The maximum absolute atomic E-state index is 2.73. The van der Waals surface area contributed by atoms with Crippen LogP contribution in [0.2, 0.25) is 0 Å². The Morgan fingerprint density at radius 2 is 1.09 bits per heavy atom. The number of thiophene rings is 2. The van der Waals surface area contributed by atoms with Crippen molar-refractivity contribution in [2.45, 2.75) is 119 Å². The number of hydrogen-bond donors (Lipinski definition) is 0. The number of fused-ring (bicyclic) bond motifs is 7. The Morgan fingerprint density at radius 3 is 1.74 bits per heavy atom. The second-order valence-electron chi connectivity index (χ2n) is 23.4. The molecule has 0 saturated heterocycles. The average Bonchev–Trinajstić information content (AvgIpc) is 3.90. The Morgan fingerprint density at radius 1 is 0.478 bits per heavy atom. The normalized spacial score (nSPS) is 13.7. The van der Waals surface area contributed by atoms with Crippen LogP contribution in [0.4, 0.5) is 34.1 Å². The summed E-state index contributed by atoms with van der Waals surface area (Å²) in [6.07, 6.45) is 0. The number of hydrogen-bond acceptors (Lipinski definition) is 4. The third-order valence-electron chi connectivity index (χ3n) is 15.1. The highest BCUT2D eigenvalue weighted by atomic mass is 32.1. The molecule has 11 rings (SSSR count). The number of benzene rings is 7. The quantitative estimate of drug-likeness (QED) is 0.159. The zero-order valence-electron chi connectivity index (χ0n) is 43.1. The lowest BCUT2D eigenvalue weighted by Gasteiger charge is -2.45. The molecule has 0 N–H and O–H groups in total. The Hall–Kier alpha value is -5.88. The molecular formula is C64H65BN2S2. The molecule has 2 aliphatic rings. The molecule has 0 saturated carbocycles. The maximum Gasteiger partial charge on any atom is 0.264 e. The number of nitrogens with zero attached hydrogens (tertiary/aromatic N) is 2.